The van der Waals surface area contributed by atoms with Gasteiger partial charge in [0.1, 0.15) is 0 Å². The van der Waals surface area contributed by atoms with E-state index in [2.05, 4.69) is 43.8 Å². The topological polar surface area (TPSA) is 29.1 Å². The average Bonchev–Trinajstić information content (AvgIpc) is 2.84. The van der Waals surface area contributed by atoms with Gasteiger partial charge in [-0.25, -0.2) is 0 Å². The molecule has 2 nitrogen and oxygen atoms in total. The molecular formula is C10H7BrINOS2. The summed E-state index contributed by atoms with van der Waals surface area (Å²) in [5.74, 6) is -0.0105. The number of hydrogen-bond donors (Lipinski definition) is 1. The van der Waals surface area contributed by atoms with Crippen LogP contribution in [-0.2, 0) is 6.54 Å². The second-order valence-electron chi connectivity index (χ2n) is 3.05. The number of carbonyl (C=O) groups excluding carboxylic acids is 1. The monoisotopic (exact) mass is 427 g/mol. The van der Waals surface area contributed by atoms with Crippen LogP contribution in [0.2, 0.25) is 0 Å². The zero-order valence-corrected chi connectivity index (χ0v) is 13.4. The zero-order chi connectivity index (χ0) is 11.5. The first kappa shape index (κ1) is 12.5. The maximum Gasteiger partial charge on any atom is 0.252 e. The summed E-state index contributed by atoms with van der Waals surface area (Å²) >= 11 is 8.81. The number of rotatable bonds is 3. The minimum atomic E-state index is -0.0105. The fourth-order valence-electron chi connectivity index (χ4n) is 1.15. The van der Waals surface area contributed by atoms with Gasteiger partial charge in [0.05, 0.1) is 15.0 Å². The Balaban J connectivity index is 1.93. The highest BCUT2D eigenvalue weighted by Crippen LogP contribution is 2.20. The van der Waals surface area contributed by atoms with Crippen LogP contribution in [0.4, 0.5) is 0 Å². The van der Waals surface area contributed by atoms with Gasteiger partial charge in [-0.05, 0) is 50.7 Å². The highest BCUT2D eigenvalue weighted by atomic mass is 127. The third-order valence-electron chi connectivity index (χ3n) is 1.87. The largest absolute Gasteiger partial charge is 0.347 e. The Kier molecular flexibility index (Phi) is 4.40. The van der Waals surface area contributed by atoms with E-state index in [-0.39, 0.29) is 5.91 Å². The van der Waals surface area contributed by atoms with E-state index in [9.17, 15) is 4.79 Å². The number of hydrogen-bond acceptors (Lipinski definition) is 3. The highest BCUT2D eigenvalue weighted by Gasteiger charge is 2.07. The lowest BCUT2D eigenvalue weighted by molar-refractivity contribution is 0.0951. The van der Waals surface area contributed by atoms with Gasteiger partial charge < -0.3 is 5.32 Å². The summed E-state index contributed by atoms with van der Waals surface area (Å²) in [6.07, 6.45) is 0. The molecule has 0 bridgehead atoms. The molecule has 0 spiro atoms. The smallest absolute Gasteiger partial charge is 0.252 e. The van der Waals surface area contributed by atoms with E-state index in [1.807, 2.05) is 22.9 Å². The van der Waals surface area contributed by atoms with Crippen LogP contribution in [0.1, 0.15) is 15.2 Å². The van der Waals surface area contributed by atoms with Crippen LogP contribution < -0.4 is 5.32 Å². The van der Waals surface area contributed by atoms with Gasteiger partial charge in [0.2, 0.25) is 0 Å². The molecule has 0 aliphatic carbocycles. The van der Waals surface area contributed by atoms with Gasteiger partial charge in [-0.1, -0.05) is 0 Å². The van der Waals surface area contributed by atoms with Crippen molar-refractivity contribution in [3.05, 3.63) is 40.7 Å². The molecule has 0 aliphatic heterocycles. The van der Waals surface area contributed by atoms with Crippen LogP contribution >= 0.6 is 61.2 Å². The Hall–Kier alpha value is 0.0800. The lowest BCUT2D eigenvalue weighted by Gasteiger charge is -2.00. The third-order valence-corrected chi connectivity index (χ3v) is 5.36. The van der Waals surface area contributed by atoms with Crippen molar-refractivity contribution in [3.8, 4) is 0 Å². The maximum atomic E-state index is 11.7. The molecule has 2 aromatic rings. The van der Waals surface area contributed by atoms with E-state index in [1.54, 1.807) is 22.7 Å². The molecule has 0 radical (unpaired) electrons. The van der Waals surface area contributed by atoms with Crippen LogP contribution in [0.25, 0.3) is 0 Å². The van der Waals surface area contributed by atoms with Gasteiger partial charge in [0.25, 0.3) is 5.91 Å². The van der Waals surface area contributed by atoms with Crippen molar-refractivity contribution in [2.24, 2.45) is 0 Å². The van der Waals surface area contributed by atoms with Crippen molar-refractivity contribution in [2.45, 2.75) is 6.54 Å². The normalized spacial score (nSPS) is 10.4. The first-order chi connectivity index (χ1) is 7.65. The summed E-state index contributed by atoms with van der Waals surface area (Å²) in [6.45, 7) is 0.585. The molecule has 84 valence electrons. The minimum Gasteiger partial charge on any atom is -0.347 e. The van der Waals surface area contributed by atoms with Crippen LogP contribution in [0.3, 0.4) is 0 Å². The van der Waals surface area contributed by atoms with Crippen molar-refractivity contribution >= 4 is 67.1 Å². The van der Waals surface area contributed by atoms with E-state index in [4.69, 9.17) is 0 Å². The number of nitrogens with one attached hydrogen (secondary N) is 1. The lowest BCUT2D eigenvalue weighted by atomic mass is 10.3. The van der Waals surface area contributed by atoms with Crippen molar-refractivity contribution < 1.29 is 4.79 Å². The molecule has 0 saturated carbocycles. The number of thiophene rings is 2. The second-order valence-corrected chi connectivity index (χ2v) is 7.77. The fourth-order valence-corrected chi connectivity index (χ4v) is 3.86. The average molecular weight is 428 g/mol. The standard InChI is InChI=1S/C10H7BrINOS2/c11-7-2-8(15-5-7)3-13-10(14)6-1-9(12)16-4-6/h1-2,4-5H,3H2,(H,13,14). The van der Waals surface area contributed by atoms with Crippen LogP contribution in [0, 0.1) is 2.88 Å². The van der Waals surface area contributed by atoms with Gasteiger partial charge in [-0.15, -0.1) is 22.7 Å². The summed E-state index contributed by atoms with van der Waals surface area (Å²) < 4.78 is 2.19. The van der Waals surface area contributed by atoms with Crippen molar-refractivity contribution in [1.29, 1.82) is 0 Å². The fraction of sp³-hybridized carbons (Fsp3) is 0.100. The maximum absolute atomic E-state index is 11.7. The molecule has 0 unspecified atom stereocenters. The van der Waals surface area contributed by atoms with E-state index in [0.29, 0.717) is 6.54 Å². The Morgan fingerprint density at radius 1 is 1.38 bits per heavy atom. The summed E-state index contributed by atoms with van der Waals surface area (Å²) in [5.41, 5.74) is 0.741. The summed E-state index contributed by atoms with van der Waals surface area (Å²) in [6, 6.07) is 3.91. The van der Waals surface area contributed by atoms with Crippen molar-refractivity contribution in [2.75, 3.05) is 0 Å². The van der Waals surface area contributed by atoms with Crippen molar-refractivity contribution in [3.63, 3.8) is 0 Å². The predicted octanol–water partition coefficient (Wildman–Crippen LogP) is 4.11. The van der Waals surface area contributed by atoms with E-state index in [1.165, 1.54) is 0 Å². The quantitative estimate of drug-likeness (QED) is 0.734. The van der Waals surface area contributed by atoms with Crippen LogP contribution in [0.15, 0.2) is 27.4 Å². The first-order valence-electron chi connectivity index (χ1n) is 4.40. The molecule has 16 heavy (non-hydrogen) atoms. The van der Waals surface area contributed by atoms with Crippen LogP contribution in [0.5, 0.6) is 0 Å². The molecular weight excluding hydrogens is 421 g/mol. The van der Waals surface area contributed by atoms with Crippen molar-refractivity contribution in [1.82, 2.24) is 5.32 Å². The van der Waals surface area contributed by atoms with Gasteiger partial charge >= 0.3 is 0 Å². The third kappa shape index (κ3) is 3.28. The molecule has 0 aliphatic rings. The molecule has 0 fully saturated rings. The van der Waals surface area contributed by atoms with Gasteiger partial charge in [-0.2, -0.15) is 0 Å². The highest BCUT2D eigenvalue weighted by molar-refractivity contribution is 14.1. The molecule has 6 heteroatoms. The molecule has 1 N–H and O–H groups in total. The Labute approximate surface area is 123 Å². The zero-order valence-electron chi connectivity index (χ0n) is 8.00. The number of halogens is 2. The Morgan fingerprint density at radius 2 is 2.19 bits per heavy atom. The van der Waals surface area contributed by atoms with E-state index in [0.717, 1.165) is 17.8 Å². The summed E-state index contributed by atoms with van der Waals surface area (Å²) in [4.78, 5) is 12.9. The minimum absolute atomic E-state index is 0.0105. The SMILES string of the molecule is O=C(NCc1cc(Br)cs1)c1csc(I)c1. The van der Waals surface area contributed by atoms with Gasteiger partial charge in [0.15, 0.2) is 0 Å². The van der Waals surface area contributed by atoms with E-state index < -0.39 is 0 Å². The summed E-state index contributed by atoms with van der Waals surface area (Å²) in [7, 11) is 0. The Morgan fingerprint density at radius 3 is 2.75 bits per heavy atom. The predicted molar refractivity (Wildman–Crippen MR) is 80.2 cm³/mol. The molecule has 1 amide bonds. The molecule has 0 atom stereocenters. The Bertz CT molecular complexity index is 508. The molecule has 2 aromatic heterocycles. The molecule has 0 saturated heterocycles. The van der Waals surface area contributed by atoms with Gasteiger partial charge in [0, 0.05) is 20.1 Å². The molecule has 0 aromatic carbocycles. The summed E-state index contributed by atoms with van der Waals surface area (Å²) in [5, 5.41) is 6.78. The lowest BCUT2D eigenvalue weighted by Crippen LogP contribution is -2.21. The number of amides is 1. The second kappa shape index (κ2) is 5.61. The van der Waals surface area contributed by atoms with Crippen LogP contribution in [-0.4, -0.2) is 5.91 Å². The first-order valence-corrected chi connectivity index (χ1v) is 8.03. The van der Waals surface area contributed by atoms with Gasteiger partial charge in [-0.3, -0.25) is 4.79 Å². The molecule has 2 heterocycles. The molecule has 2 rings (SSSR count). The van der Waals surface area contributed by atoms with E-state index >= 15 is 0 Å². The number of carbonyl (C=O) groups is 1.